The summed E-state index contributed by atoms with van der Waals surface area (Å²) in [6.45, 7) is 1.03. The lowest BCUT2D eigenvalue weighted by Crippen LogP contribution is -2.57. The molecule has 33 heavy (non-hydrogen) atoms. The molecule has 1 aromatic heterocycles. The maximum absolute atomic E-state index is 9.61. The van der Waals surface area contributed by atoms with E-state index in [0.29, 0.717) is 35.8 Å². The van der Waals surface area contributed by atoms with Gasteiger partial charge < -0.3 is 20.1 Å². The van der Waals surface area contributed by atoms with Crippen molar-refractivity contribution in [3.63, 3.8) is 0 Å². The monoisotopic (exact) mass is 456 g/mol. The van der Waals surface area contributed by atoms with Gasteiger partial charge in [0.15, 0.2) is 0 Å². The summed E-state index contributed by atoms with van der Waals surface area (Å²) >= 11 is 0. The lowest BCUT2D eigenvalue weighted by atomic mass is 9.80. The first kappa shape index (κ1) is 22.6. The topological polar surface area (TPSA) is 122 Å². The normalized spacial score (nSPS) is 32.7. The fourth-order valence-electron chi connectivity index (χ4n) is 5.76. The number of nitrogens with zero attached hydrogens (tertiary/aromatic N) is 5. The molecule has 4 aliphatic rings. The molecule has 0 radical (unpaired) electrons. The standard InChI is InChI=1S/C23H36N8O2/c1-30(18-9-16-4-3-5-17(10-18)31(16)14-23(13-24)6-7-23)22-26-19(11-21(27-22)33-2)25-20-8-15(12-32)28-29-20/h11,15-18,20,28-29,32H,3-10,12,14H2,1-2H3,(H,25,26,27)/t15?,16-,17+,18?,20?. The number of nitriles is 1. The zero-order chi connectivity index (χ0) is 23.0. The van der Waals surface area contributed by atoms with Gasteiger partial charge in [-0.2, -0.15) is 15.2 Å². The Bertz CT molecular complexity index is 874. The summed E-state index contributed by atoms with van der Waals surface area (Å²) in [4.78, 5) is 14.3. The largest absolute Gasteiger partial charge is 0.481 e. The van der Waals surface area contributed by atoms with Crippen molar-refractivity contribution in [3.8, 4) is 11.9 Å². The molecule has 3 aliphatic heterocycles. The second kappa shape index (κ2) is 9.22. The molecule has 3 saturated heterocycles. The van der Waals surface area contributed by atoms with E-state index in [4.69, 9.17) is 9.72 Å². The quantitative estimate of drug-likeness (QED) is 0.454. The maximum atomic E-state index is 9.61. The van der Waals surface area contributed by atoms with E-state index in [2.05, 4.69) is 44.1 Å². The maximum Gasteiger partial charge on any atom is 0.230 e. The van der Waals surface area contributed by atoms with Crippen molar-refractivity contribution < 1.29 is 9.84 Å². The summed E-state index contributed by atoms with van der Waals surface area (Å²) in [6.07, 6.45) is 8.68. The first-order chi connectivity index (χ1) is 16.0. The smallest absolute Gasteiger partial charge is 0.230 e. The Morgan fingerprint density at radius 3 is 2.64 bits per heavy atom. The summed E-state index contributed by atoms with van der Waals surface area (Å²) in [7, 11) is 3.71. The minimum Gasteiger partial charge on any atom is -0.481 e. The van der Waals surface area contributed by atoms with Crippen molar-refractivity contribution >= 4 is 11.8 Å². The number of hydrazine groups is 1. The number of methoxy groups -OCH3 is 1. The molecule has 5 rings (SSSR count). The number of anilines is 2. The van der Waals surface area contributed by atoms with Crippen LogP contribution in [0.5, 0.6) is 5.88 Å². The van der Waals surface area contributed by atoms with Gasteiger partial charge in [0.2, 0.25) is 11.8 Å². The van der Waals surface area contributed by atoms with Crippen molar-refractivity contribution in [2.24, 2.45) is 5.41 Å². The van der Waals surface area contributed by atoms with E-state index in [0.717, 1.165) is 38.6 Å². The van der Waals surface area contributed by atoms with Crippen LogP contribution in [0.2, 0.25) is 0 Å². The number of aliphatic hydroxyl groups is 1. The van der Waals surface area contributed by atoms with Crippen LogP contribution in [-0.4, -0.2) is 77.6 Å². The molecular weight excluding hydrogens is 420 g/mol. The van der Waals surface area contributed by atoms with Crippen molar-refractivity contribution in [3.05, 3.63) is 6.07 Å². The highest BCUT2D eigenvalue weighted by Gasteiger charge is 2.49. The van der Waals surface area contributed by atoms with Gasteiger partial charge >= 0.3 is 0 Å². The average Bonchev–Trinajstić information content (AvgIpc) is 3.46. The second-order valence-corrected chi connectivity index (χ2v) is 10.2. The van der Waals surface area contributed by atoms with Crippen LogP contribution in [0.15, 0.2) is 6.07 Å². The second-order valence-electron chi connectivity index (χ2n) is 10.2. The van der Waals surface area contributed by atoms with Gasteiger partial charge in [0, 0.05) is 50.2 Å². The number of aromatic nitrogens is 2. The third-order valence-electron chi connectivity index (χ3n) is 7.96. The number of fused-ring (bicyclic) bond motifs is 2. The first-order valence-electron chi connectivity index (χ1n) is 12.2. The van der Waals surface area contributed by atoms with Gasteiger partial charge in [0.05, 0.1) is 31.4 Å². The Morgan fingerprint density at radius 1 is 1.27 bits per heavy atom. The Morgan fingerprint density at radius 2 is 2.03 bits per heavy atom. The molecule has 4 fully saturated rings. The van der Waals surface area contributed by atoms with Gasteiger partial charge in [0.25, 0.3) is 0 Å². The van der Waals surface area contributed by atoms with Crippen LogP contribution in [-0.2, 0) is 0 Å². The molecule has 4 heterocycles. The molecule has 4 N–H and O–H groups in total. The average molecular weight is 457 g/mol. The molecule has 0 spiro atoms. The van der Waals surface area contributed by atoms with Gasteiger partial charge in [-0.05, 0) is 38.5 Å². The molecule has 1 saturated carbocycles. The van der Waals surface area contributed by atoms with Gasteiger partial charge in [-0.1, -0.05) is 6.42 Å². The number of aliphatic hydroxyl groups excluding tert-OH is 1. The fourth-order valence-corrected chi connectivity index (χ4v) is 5.76. The van der Waals surface area contributed by atoms with Crippen LogP contribution < -0.4 is 25.8 Å². The van der Waals surface area contributed by atoms with E-state index in [1.54, 1.807) is 13.2 Å². The minimum atomic E-state index is -0.0821. The highest BCUT2D eigenvalue weighted by molar-refractivity contribution is 5.47. The molecule has 0 aromatic carbocycles. The summed E-state index contributed by atoms with van der Waals surface area (Å²) in [6, 6.07) is 5.84. The van der Waals surface area contributed by atoms with Gasteiger partial charge in [-0.15, -0.1) is 0 Å². The molecule has 3 unspecified atom stereocenters. The summed E-state index contributed by atoms with van der Waals surface area (Å²) in [5.74, 6) is 1.89. The Kier molecular flexibility index (Phi) is 6.31. The highest BCUT2D eigenvalue weighted by atomic mass is 16.5. The Balaban J connectivity index is 1.29. The van der Waals surface area contributed by atoms with E-state index < -0.39 is 0 Å². The number of piperidine rings is 2. The van der Waals surface area contributed by atoms with E-state index >= 15 is 0 Å². The first-order valence-corrected chi connectivity index (χ1v) is 12.2. The van der Waals surface area contributed by atoms with Gasteiger partial charge in [-0.25, -0.2) is 5.43 Å². The van der Waals surface area contributed by atoms with Crippen LogP contribution in [0.4, 0.5) is 11.8 Å². The number of ether oxygens (including phenoxy) is 1. The third kappa shape index (κ3) is 4.73. The molecule has 1 aromatic rings. The van der Waals surface area contributed by atoms with E-state index in [1.807, 2.05) is 0 Å². The summed E-state index contributed by atoms with van der Waals surface area (Å²) in [5, 5.41) is 22.3. The van der Waals surface area contributed by atoms with Crippen molar-refractivity contribution in [2.45, 2.75) is 81.7 Å². The van der Waals surface area contributed by atoms with Gasteiger partial charge in [-0.3, -0.25) is 10.3 Å². The molecule has 10 nitrogen and oxygen atoms in total. The van der Waals surface area contributed by atoms with Crippen LogP contribution in [0.25, 0.3) is 0 Å². The van der Waals surface area contributed by atoms with E-state index in [9.17, 15) is 10.4 Å². The van der Waals surface area contributed by atoms with Crippen LogP contribution in [0.3, 0.4) is 0 Å². The minimum absolute atomic E-state index is 0.0220. The summed E-state index contributed by atoms with van der Waals surface area (Å²) in [5.41, 5.74) is 6.14. The SMILES string of the molecule is COc1cc(NC2CC(CO)NN2)nc(N(C)C2C[C@H]3CCC[C@@H](C2)N3CC2(C#N)CC2)n1. The molecule has 5 atom stereocenters. The number of hydrogen-bond donors (Lipinski definition) is 4. The van der Waals surface area contributed by atoms with Crippen molar-refractivity contribution in [1.82, 2.24) is 25.7 Å². The third-order valence-corrected chi connectivity index (χ3v) is 7.96. The van der Waals surface area contributed by atoms with E-state index in [1.165, 1.54) is 19.3 Å². The Labute approximate surface area is 195 Å². The Hall–Kier alpha value is -2.19. The van der Waals surface area contributed by atoms with Crippen LogP contribution >= 0.6 is 0 Å². The molecule has 180 valence electrons. The van der Waals surface area contributed by atoms with Crippen LogP contribution in [0.1, 0.15) is 51.4 Å². The molecule has 1 aliphatic carbocycles. The predicted molar refractivity (Wildman–Crippen MR) is 125 cm³/mol. The van der Waals surface area contributed by atoms with Crippen molar-refractivity contribution in [1.29, 1.82) is 5.26 Å². The number of nitrogens with one attached hydrogen (secondary N) is 3. The predicted octanol–water partition coefficient (Wildman–Crippen LogP) is 1.21. The van der Waals surface area contributed by atoms with E-state index in [-0.39, 0.29) is 24.2 Å². The highest BCUT2D eigenvalue weighted by Crippen LogP contribution is 2.48. The van der Waals surface area contributed by atoms with Crippen molar-refractivity contribution in [2.75, 3.05) is 37.5 Å². The van der Waals surface area contributed by atoms with Crippen LogP contribution in [0, 0.1) is 16.7 Å². The zero-order valence-electron chi connectivity index (χ0n) is 19.6. The fraction of sp³-hybridized carbons (Fsp3) is 0.783. The number of rotatable bonds is 8. The molecule has 2 bridgehead atoms. The zero-order valence-corrected chi connectivity index (χ0v) is 19.6. The molecule has 0 amide bonds. The summed E-state index contributed by atoms with van der Waals surface area (Å²) < 4.78 is 5.47. The molecular formula is C23H36N8O2. The lowest BCUT2D eigenvalue weighted by Gasteiger charge is -2.51. The number of hydrogen-bond acceptors (Lipinski definition) is 10. The lowest BCUT2D eigenvalue weighted by molar-refractivity contribution is 0.0202. The molecule has 10 heteroatoms. The van der Waals surface area contributed by atoms with Gasteiger partial charge in [0.1, 0.15) is 5.82 Å².